The van der Waals surface area contributed by atoms with E-state index >= 15 is 0 Å². The van der Waals surface area contributed by atoms with Crippen LogP contribution in [0.4, 0.5) is 0 Å². The molecule has 0 saturated carbocycles. The van der Waals surface area contributed by atoms with Crippen LogP contribution in [0.25, 0.3) is 0 Å². The van der Waals surface area contributed by atoms with Gasteiger partial charge in [-0.2, -0.15) is 0 Å². The van der Waals surface area contributed by atoms with Gasteiger partial charge in [0.2, 0.25) is 0 Å². The van der Waals surface area contributed by atoms with Crippen molar-refractivity contribution in [3.8, 4) is 0 Å². The summed E-state index contributed by atoms with van der Waals surface area (Å²) in [6.45, 7) is 0. The van der Waals surface area contributed by atoms with E-state index in [0.717, 1.165) is 25.7 Å². The Balaban J connectivity index is 1.64. The van der Waals surface area contributed by atoms with Gasteiger partial charge in [-0.3, -0.25) is 0 Å². The molecule has 0 unspecified atom stereocenters. The fourth-order valence-electron chi connectivity index (χ4n) is 4.21. The predicted octanol–water partition coefficient (Wildman–Crippen LogP) is 5.33. The average Bonchev–Trinajstić information content (AvgIpc) is 2.78. The molecule has 0 aliphatic heterocycles. The Kier molecular flexibility index (Phi) is 5.29. The summed E-state index contributed by atoms with van der Waals surface area (Å²) >= 11 is 0. The summed E-state index contributed by atoms with van der Waals surface area (Å²) in [6.07, 6.45) is 4.39. The largest absolute Gasteiger partial charge is 0.0622 e. The van der Waals surface area contributed by atoms with Crippen molar-refractivity contribution in [2.75, 3.05) is 0 Å². The van der Waals surface area contributed by atoms with Gasteiger partial charge >= 0.3 is 0 Å². The molecule has 4 aliphatic carbocycles. The molecule has 0 atom stereocenters. The van der Waals surface area contributed by atoms with Gasteiger partial charge in [0.25, 0.3) is 0 Å². The number of hydrogen-bond acceptors (Lipinski definition) is 0. The van der Waals surface area contributed by atoms with Crippen molar-refractivity contribution in [2.24, 2.45) is 0 Å². The van der Waals surface area contributed by atoms with Crippen LogP contribution >= 0.6 is 7.92 Å². The van der Waals surface area contributed by atoms with E-state index in [2.05, 4.69) is 103 Å². The smallest absolute Gasteiger partial charge is 0.0116 e. The predicted molar refractivity (Wildman–Crippen MR) is 126 cm³/mol. The highest BCUT2D eigenvalue weighted by atomic mass is 31.1. The first-order chi connectivity index (χ1) is 14.4. The topological polar surface area (TPSA) is 0 Å². The van der Waals surface area contributed by atoms with E-state index in [-0.39, 0.29) is 0 Å². The van der Waals surface area contributed by atoms with E-state index in [0.29, 0.717) is 0 Å². The summed E-state index contributed by atoms with van der Waals surface area (Å²) in [5.74, 6) is 0. The molecule has 4 aromatic rings. The minimum absolute atomic E-state index is 0.556. The molecule has 0 saturated heterocycles. The van der Waals surface area contributed by atoms with Gasteiger partial charge in [-0.15, -0.1) is 0 Å². The van der Waals surface area contributed by atoms with E-state index in [1.54, 1.807) is 0 Å². The Morgan fingerprint density at radius 3 is 1.52 bits per heavy atom. The van der Waals surface area contributed by atoms with Crippen molar-refractivity contribution in [1.29, 1.82) is 0 Å². The van der Waals surface area contributed by atoms with Crippen LogP contribution in [-0.2, 0) is 25.7 Å². The van der Waals surface area contributed by atoms with E-state index < -0.39 is 7.92 Å². The number of hydrogen-bond donors (Lipinski definition) is 0. The molecule has 0 nitrogen and oxygen atoms in total. The first-order valence-corrected chi connectivity index (χ1v) is 11.8. The molecule has 1 heteroatoms. The minimum Gasteiger partial charge on any atom is -0.0622 e. The highest BCUT2D eigenvalue weighted by molar-refractivity contribution is 7.79. The second-order valence-corrected chi connectivity index (χ2v) is 9.97. The van der Waals surface area contributed by atoms with Gasteiger partial charge in [0.15, 0.2) is 0 Å². The van der Waals surface area contributed by atoms with E-state index in [1.165, 1.54) is 38.2 Å². The van der Waals surface area contributed by atoms with Crippen molar-refractivity contribution < 1.29 is 0 Å². The van der Waals surface area contributed by atoms with E-state index in [9.17, 15) is 0 Å². The number of rotatable bonds is 3. The minimum atomic E-state index is -0.556. The highest BCUT2D eigenvalue weighted by Gasteiger charge is 2.20. The van der Waals surface area contributed by atoms with Crippen molar-refractivity contribution >= 4 is 23.8 Å². The van der Waals surface area contributed by atoms with E-state index in [1.807, 2.05) is 0 Å². The van der Waals surface area contributed by atoms with E-state index in [4.69, 9.17) is 0 Å². The molecule has 142 valence electrons. The molecule has 0 fully saturated rings. The summed E-state index contributed by atoms with van der Waals surface area (Å²) in [6, 6.07) is 38.7. The van der Waals surface area contributed by atoms with Crippen LogP contribution in [0.5, 0.6) is 0 Å². The molecule has 4 aliphatic rings. The lowest BCUT2D eigenvalue weighted by atomic mass is 9.97. The number of benzene rings is 4. The van der Waals surface area contributed by atoms with Crippen molar-refractivity contribution in [3.63, 3.8) is 0 Å². The van der Waals surface area contributed by atoms with Crippen LogP contribution in [0, 0.1) is 0 Å². The summed E-state index contributed by atoms with van der Waals surface area (Å²) in [5.41, 5.74) is 5.83. The fourth-order valence-corrected chi connectivity index (χ4v) is 6.77. The van der Waals surface area contributed by atoms with Gasteiger partial charge in [0.05, 0.1) is 0 Å². The molecule has 0 N–H and O–H groups in total. The Bertz CT molecular complexity index is 1040. The third-order valence-corrected chi connectivity index (χ3v) is 8.35. The Hall–Kier alpha value is -2.69. The van der Waals surface area contributed by atoms with Crippen LogP contribution in [-0.4, -0.2) is 0 Å². The van der Waals surface area contributed by atoms with Crippen LogP contribution in [0.1, 0.15) is 22.3 Å². The van der Waals surface area contributed by atoms with Gasteiger partial charge in [-0.05, 0) is 71.8 Å². The zero-order valence-corrected chi connectivity index (χ0v) is 17.5. The molecule has 29 heavy (non-hydrogen) atoms. The lowest BCUT2D eigenvalue weighted by molar-refractivity contribution is 0.927. The van der Waals surface area contributed by atoms with Crippen LogP contribution < -0.4 is 15.9 Å². The molecular formula is C28H25P. The van der Waals surface area contributed by atoms with Crippen molar-refractivity contribution in [2.45, 2.75) is 25.7 Å². The maximum absolute atomic E-state index is 2.51. The quantitative estimate of drug-likeness (QED) is 0.414. The van der Waals surface area contributed by atoms with Gasteiger partial charge in [0.1, 0.15) is 0 Å². The molecule has 0 radical (unpaired) electrons. The van der Waals surface area contributed by atoms with Crippen LogP contribution in [0.15, 0.2) is 103 Å². The molecule has 4 bridgehead atoms. The highest BCUT2D eigenvalue weighted by Crippen LogP contribution is 2.35. The molecule has 0 aromatic heterocycles. The monoisotopic (exact) mass is 392 g/mol. The standard InChI is InChI=1S/C28H25P/c1-3-7-26(8-4-1)29(27-9-5-2-6-10-27)28-21-24-16-15-22-11-13-23(14-12-22)17-19-25(28)20-18-24/h1-14,18,20-21H,15-17,19H2. The molecule has 0 heterocycles. The molecule has 4 aromatic carbocycles. The SMILES string of the molecule is c1ccc(P(c2ccccc2)c2cc3ccc2CCc2ccc(cc2)CC3)cc1. The maximum atomic E-state index is 2.51. The lowest BCUT2D eigenvalue weighted by Gasteiger charge is -2.24. The lowest BCUT2D eigenvalue weighted by Crippen LogP contribution is -2.24. The average molecular weight is 392 g/mol. The second kappa shape index (κ2) is 8.36. The molecule has 0 spiro atoms. The Morgan fingerprint density at radius 2 is 0.931 bits per heavy atom. The van der Waals surface area contributed by atoms with Gasteiger partial charge < -0.3 is 0 Å². The van der Waals surface area contributed by atoms with Gasteiger partial charge in [-0.25, -0.2) is 0 Å². The Labute approximate surface area is 175 Å². The molecule has 8 rings (SSSR count). The van der Waals surface area contributed by atoms with Crippen molar-refractivity contribution in [1.82, 2.24) is 0 Å². The zero-order chi connectivity index (χ0) is 19.5. The van der Waals surface area contributed by atoms with Gasteiger partial charge in [-0.1, -0.05) is 103 Å². The second-order valence-electron chi connectivity index (χ2n) is 7.79. The van der Waals surface area contributed by atoms with Crippen LogP contribution in [0.3, 0.4) is 0 Å². The first kappa shape index (κ1) is 18.3. The summed E-state index contributed by atoms with van der Waals surface area (Å²) in [7, 11) is -0.556. The number of aryl methyl sites for hydroxylation is 4. The van der Waals surface area contributed by atoms with Gasteiger partial charge in [0, 0.05) is 0 Å². The normalized spacial score (nSPS) is 13.3. The zero-order valence-electron chi connectivity index (χ0n) is 16.6. The summed E-state index contributed by atoms with van der Waals surface area (Å²) in [5, 5.41) is 4.40. The van der Waals surface area contributed by atoms with Crippen molar-refractivity contribution in [3.05, 3.63) is 125 Å². The third kappa shape index (κ3) is 4.04. The fraction of sp³-hybridized carbons (Fsp3) is 0.143. The van der Waals surface area contributed by atoms with Crippen LogP contribution in [0.2, 0.25) is 0 Å². The first-order valence-electron chi connectivity index (χ1n) is 10.5. The molecule has 0 amide bonds. The maximum Gasteiger partial charge on any atom is -0.0116 e. The Morgan fingerprint density at radius 1 is 0.448 bits per heavy atom. The summed E-state index contributed by atoms with van der Waals surface area (Å²) < 4.78 is 0. The molecular weight excluding hydrogens is 367 g/mol. The summed E-state index contributed by atoms with van der Waals surface area (Å²) in [4.78, 5) is 0. The third-order valence-electron chi connectivity index (χ3n) is 5.83.